The van der Waals surface area contributed by atoms with Crippen molar-refractivity contribution in [1.29, 1.82) is 0 Å². The number of aryl methyl sites for hydroxylation is 1. The molecule has 0 unspecified atom stereocenters. The number of benzene rings is 1. The molecular formula is C14H19ClO2. The van der Waals surface area contributed by atoms with Crippen molar-refractivity contribution in [2.75, 3.05) is 7.11 Å². The third-order valence-electron chi connectivity index (χ3n) is 2.69. The summed E-state index contributed by atoms with van der Waals surface area (Å²) in [5.41, 5.74) is 1.08. The molecule has 0 amide bonds. The fourth-order valence-corrected chi connectivity index (χ4v) is 2.00. The van der Waals surface area contributed by atoms with E-state index < -0.39 is 0 Å². The molecule has 0 saturated heterocycles. The number of hydrogen-bond acceptors (Lipinski definition) is 2. The van der Waals surface area contributed by atoms with Crippen LogP contribution in [-0.2, 0) is 11.2 Å². The zero-order valence-electron chi connectivity index (χ0n) is 10.5. The topological polar surface area (TPSA) is 26.3 Å². The fraction of sp³-hybridized carbons (Fsp3) is 0.500. The molecular weight excluding hydrogens is 236 g/mol. The molecule has 0 aliphatic heterocycles. The molecule has 0 aliphatic carbocycles. The highest BCUT2D eigenvalue weighted by atomic mass is 35.5. The van der Waals surface area contributed by atoms with Crippen molar-refractivity contribution in [2.45, 2.75) is 39.0 Å². The molecule has 0 bridgehead atoms. The first-order valence-corrected chi connectivity index (χ1v) is 6.39. The third kappa shape index (κ3) is 4.78. The van der Waals surface area contributed by atoms with Crippen molar-refractivity contribution in [1.82, 2.24) is 0 Å². The molecule has 0 fully saturated rings. The van der Waals surface area contributed by atoms with Gasteiger partial charge in [-0.15, -0.1) is 0 Å². The average Bonchev–Trinajstić information content (AvgIpc) is 2.31. The summed E-state index contributed by atoms with van der Waals surface area (Å²) in [5, 5.41) is 0.715. The Hall–Kier alpha value is -1.02. The Morgan fingerprint density at radius 2 is 2.12 bits per heavy atom. The summed E-state index contributed by atoms with van der Waals surface area (Å²) in [6.45, 7) is 2.03. The van der Waals surface area contributed by atoms with E-state index in [1.165, 1.54) is 0 Å². The van der Waals surface area contributed by atoms with Crippen LogP contribution in [0, 0.1) is 0 Å². The third-order valence-corrected chi connectivity index (χ3v) is 3.04. The number of ether oxygens (including phenoxy) is 1. The second kappa shape index (κ2) is 7.33. The van der Waals surface area contributed by atoms with E-state index in [2.05, 4.69) is 0 Å². The van der Waals surface area contributed by atoms with Crippen LogP contribution in [0.2, 0.25) is 5.02 Å². The summed E-state index contributed by atoms with van der Waals surface area (Å²) in [6.07, 6.45) is 3.98. The van der Waals surface area contributed by atoms with Gasteiger partial charge in [0.25, 0.3) is 0 Å². The monoisotopic (exact) mass is 254 g/mol. The lowest BCUT2D eigenvalue weighted by Crippen LogP contribution is -1.98. The van der Waals surface area contributed by atoms with Crippen LogP contribution in [0.3, 0.4) is 0 Å². The number of Topliss-reactive ketones (excluding diaryl/α,β-unsaturated/α-hetero) is 1. The van der Waals surface area contributed by atoms with Gasteiger partial charge in [-0.1, -0.05) is 24.6 Å². The molecule has 0 aliphatic rings. The highest BCUT2D eigenvalue weighted by molar-refractivity contribution is 6.31. The molecule has 2 nitrogen and oxygen atoms in total. The first-order chi connectivity index (χ1) is 8.17. The predicted molar refractivity (Wildman–Crippen MR) is 70.9 cm³/mol. The molecule has 1 aromatic carbocycles. The molecule has 3 heteroatoms. The number of carbonyl (C=O) groups excluding carboxylic acids is 1. The van der Waals surface area contributed by atoms with E-state index in [-0.39, 0.29) is 0 Å². The molecule has 1 rings (SSSR count). The Morgan fingerprint density at radius 3 is 2.71 bits per heavy atom. The van der Waals surface area contributed by atoms with E-state index in [0.29, 0.717) is 23.6 Å². The molecule has 17 heavy (non-hydrogen) atoms. The van der Waals surface area contributed by atoms with Gasteiger partial charge in [0.2, 0.25) is 0 Å². The van der Waals surface area contributed by atoms with Gasteiger partial charge in [-0.05, 0) is 37.0 Å². The summed E-state index contributed by atoms with van der Waals surface area (Å²) < 4.78 is 5.09. The van der Waals surface area contributed by atoms with Crippen molar-refractivity contribution >= 4 is 17.4 Å². The molecule has 0 N–H and O–H groups in total. The lowest BCUT2D eigenvalue weighted by atomic mass is 10.0. The Balaban J connectivity index is 2.44. The number of carbonyl (C=O) groups is 1. The maximum Gasteiger partial charge on any atom is 0.132 e. The summed E-state index contributed by atoms with van der Waals surface area (Å²) in [6, 6.07) is 5.67. The molecule has 0 atom stereocenters. The van der Waals surface area contributed by atoms with Gasteiger partial charge in [0.15, 0.2) is 0 Å². The average molecular weight is 255 g/mol. The van der Waals surface area contributed by atoms with Gasteiger partial charge >= 0.3 is 0 Å². The maximum atomic E-state index is 11.4. The number of rotatable bonds is 7. The van der Waals surface area contributed by atoms with Crippen molar-refractivity contribution in [3.8, 4) is 5.75 Å². The zero-order chi connectivity index (χ0) is 12.7. The molecule has 94 valence electrons. The minimum Gasteiger partial charge on any atom is -0.497 e. The van der Waals surface area contributed by atoms with Gasteiger partial charge in [-0.2, -0.15) is 0 Å². The number of ketones is 1. The lowest BCUT2D eigenvalue weighted by molar-refractivity contribution is -0.119. The lowest BCUT2D eigenvalue weighted by Gasteiger charge is -2.06. The second-order valence-electron chi connectivity index (χ2n) is 4.10. The SMILES string of the molecule is CCCC(=O)CCCc1ccc(OC)cc1Cl. The largest absolute Gasteiger partial charge is 0.497 e. The van der Waals surface area contributed by atoms with Gasteiger partial charge in [0, 0.05) is 17.9 Å². The number of halogens is 1. The molecule has 0 spiro atoms. The molecule has 1 aromatic rings. The maximum absolute atomic E-state index is 11.4. The molecule has 0 saturated carbocycles. The number of methoxy groups -OCH3 is 1. The van der Waals surface area contributed by atoms with E-state index >= 15 is 0 Å². The van der Waals surface area contributed by atoms with E-state index in [4.69, 9.17) is 16.3 Å². The van der Waals surface area contributed by atoms with Gasteiger partial charge in [0.05, 0.1) is 7.11 Å². The van der Waals surface area contributed by atoms with Crippen LogP contribution in [0.1, 0.15) is 38.2 Å². The van der Waals surface area contributed by atoms with Crippen LogP contribution < -0.4 is 4.74 Å². The predicted octanol–water partition coefficient (Wildman–Crippen LogP) is 4.04. The Bertz CT molecular complexity index is 374. The Labute approximate surface area is 108 Å². The van der Waals surface area contributed by atoms with Crippen molar-refractivity contribution < 1.29 is 9.53 Å². The highest BCUT2D eigenvalue weighted by Crippen LogP contribution is 2.23. The van der Waals surface area contributed by atoms with Gasteiger partial charge in [0.1, 0.15) is 11.5 Å². The summed E-state index contributed by atoms with van der Waals surface area (Å²) >= 11 is 6.12. The van der Waals surface area contributed by atoms with Crippen molar-refractivity contribution in [2.24, 2.45) is 0 Å². The van der Waals surface area contributed by atoms with E-state index in [0.717, 1.165) is 30.6 Å². The standard InChI is InChI=1S/C14H19ClO2/c1-3-5-12(16)7-4-6-11-8-9-13(17-2)10-14(11)15/h8-10H,3-7H2,1-2H3. The zero-order valence-corrected chi connectivity index (χ0v) is 11.2. The van der Waals surface area contributed by atoms with Crippen LogP contribution in [0.5, 0.6) is 5.75 Å². The first kappa shape index (κ1) is 14.0. The molecule has 0 radical (unpaired) electrons. The van der Waals surface area contributed by atoms with Crippen LogP contribution >= 0.6 is 11.6 Å². The summed E-state index contributed by atoms with van der Waals surface area (Å²) in [4.78, 5) is 11.4. The van der Waals surface area contributed by atoms with Crippen LogP contribution in [-0.4, -0.2) is 12.9 Å². The van der Waals surface area contributed by atoms with E-state index in [1.807, 2.05) is 25.1 Å². The van der Waals surface area contributed by atoms with Crippen molar-refractivity contribution in [3.63, 3.8) is 0 Å². The minimum absolute atomic E-state index is 0.345. The number of hydrogen-bond donors (Lipinski definition) is 0. The van der Waals surface area contributed by atoms with Gasteiger partial charge < -0.3 is 4.74 Å². The molecule has 0 aromatic heterocycles. The summed E-state index contributed by atoms with van der Waals surface area (Å²) in [7, 11) is 1.62. The Morgan fingerprint density at radius 1 is 1.35 bits per heavy atom. The quantitative estimate of drug-likeness (QED) is 0.734. The van der Waals surface area contributed by atoms with Gasteiger partial charge in [-0.3, -0.25) is 4.79 Å². The van der Waals surface area contributed by atoms with Crippen molar-refractivity contribution in [3.05, 3.63) is 28.8 Å². The highest BCUT2D eigenvalue weighted by Gasteiger charge is 2.04. The van der Waals surface area contributed by atoms with Crippen LogP contribution in [0.15, 0.2) is 18.2 Å². The van der Waals surface area contributed by atoms with Crippen LogP contribution in [0.4, 0.5) is 0 Å². The normalized spacial score (nSPS) is 10.3. The van der Waals surface area contributed by atoms with Gasteiger partial charge in [-0.25, -0.2) is 0 Å². The Kier molecular flexibility index (Phi) is 6.06. The fourth-order valence-electron chi connectivity index (χ4n) is 1.74. The van der Waals surface area contributed by atoms with E-state index in [9.17, 15) is 4.79 Å². The summed E-state index contributed by atoms with van der Waals surface area (Å²) in [5.74, 6) is 1.11. The smallest absolute Gasteiger partial charge is 0.132 e. The second-order valence-corrected chi connectivity index (χ2v) is 4.51. The first-order valence-electron chi connectivity index (χ1n) is 6.01. The van der Waals surface area contributed by atoms with E-state index in [1.54, 1.807) is 7.11 Å². The van der Waals surface area contributed by atoms with Crippen LogP contribution in [0.25, 0.3) is 0 Å². The minimum atomic E-state index is 0.345. The molecule has 0 heterocycles.